The largest absolute Gasteiger partial charge is 0.411 e. The summed E-state index contributed by atoms with van der Waals surface area (Å²) in [5.74, 6) is -0.577. The number of carbonyl (C=O) groups is 1. The van der Waals surface area contributed by atoms with Gasteiger partial charge in [0.05, 0.1) is 6.33 Å². The third-order valence-electron chi connectivity index (χ3n) is 1.95. The highest BCUT2D eigenvalue weighted by Gasteiger charge is 2.27. The van der Waals surface area contributed by atoms with E-state index in [2.05, 4.69) is 15.0 Å². The van der Waals surface area contributed by atoms with Gasteiger partial charge in [0.2, 0.25) is 5.91 Å². The maximum absolute atomic E-state index is 11.8. The number of halogens is 3. The molecule has 18 heavy (non-hydrogen) atoms. The highest BCUT2D eigenvalue weighted by atomic mass is 19.4. The van der Waals surface area contributed by atoms with Gasteiger partial charge in [-0.2, -0.15) is 13.2 Å². The first kappa shape index (κ1) is 14.5. The Labute approximate surface area is 102 Å². The van der Waals surface area contributed by atoms with Gasteiger partial charge >= 0.3 is 6.18 Å². The summed E-state index contributed by atoms with van der Waals surface area (Å²) in [6.07, 6.45) is 0.495. The lowest BCUT2D eigenvalue weighted by atomic mass is 10.3. The topological polar surface area (TPSA) is 56.2 Å². The molecule has 1 heterocycles. The Kier molecular flexibility index (Phi) is 5.14. The minimum absolute atomic E-state index is 0.221. The van der Waals surface area contributed by atoms with Gasteiger partial charge in [0.15, 0.2) is 0 Å². The fourth-order valence-corrected chi connectivity index (χ4v) is 1.33. The second kappa shape index (κ2) is 6.39. The van der Waals surface area contributed by atoms with Crippen molar-refractivity contribution in [2.45, 2.75) is 25.7 Å². The van der Waals surface area contributed by atoms with Crippen LogP contribution in [0.4, 0.5) is 13.2 Å². The van der Waals surface area contributed by atoms with E-state index in [0.29, 0.717) is 6.54 Å². The number of nitrogens with zero attached hydrogens (tertiary/aromatic N) is 2. The molecule has 1 amide bonds. The van der Waals surface area contributed by atoms with Crippen LogP contribution in [-0.4, -0.2) is 40.9 Å². The molecule has 0 spiro atoms. The first-order valence-corrected chi connectivity index (χ1v) is 5.26. The normalized spacial score (nSPS) is 13.3. The molecule has 0 fully saturated rings. The van der Waals surface area contributed by atoms with Crippen molar-refractivity contribution in [1.82, 2.24) is 14.9 Å². The molecular formula is C10H14F3N3O2. The Balaban J connectivity index is 2.19. The molecule has 0 saturated heterocycles. The van der Waals surface area contributed by atoms with E-state index in [1.54, 1.807) is 30.2 Å². The molecular weight excluding hydrogens is 251 g/mol. The lowest BCUT2D eigenvalue weighted by Crippen LogP contribution is -2.38. The van der Waals surface area contributed by atoms with Gasteiger partial charge in [-0.1, -0.05) is 0 Å². The van der Waals surface area contributed by atoms with Crippen LogP contribution in [0.2, 0.25) is 0 Å². The molecule has 1 aromatic heterocycles. The predicted molar refractivity (Wildman–Crippen MR) is 56.7 cm³/mol. The summed E-state index contributed by atoms with van der Waals surface area (Å²) in [5, 5.41) is 2.52. The Hall–Kier alpha value is -1.57. The first-order chi connectivity index (χ1) is 8.37. The molecule has 0 bridgehead atoms. The molecule has 0 saturated carbocycles. The monoisotopic (exact) mass is 265 g/mol. The van der Waals surface area contributed by atoms with Gasteiger partial charge in [-0.3, -0.25) is 4.79 Å². The van der Waals surface area contributed by atoms with Crippen molar-refractivity contribution in [3.05, 3.63) is 18.7 Å². The van der Waals surface area contributed by atoms with Gasteiger partial charge in [0, 0.05) is 25.0 Å². The number of amides is 1. The number of carbonyl (C=O) groups excluding carboxylic acids is 1. The summed E-state index contributed by atoms with van der Waals surface area (Å²) in [6.45, 7) is 0.205. The highest BCUT2D eigenvalue weighted by Crippen LogP contribution is 2.14. The zero-order valence-electron chi connectivity index (χ0n) is 9.78. The van der Waals surface area contributed by atoms with Crippen molar-refractivity contribution in [2.24, 2.45) is 0 Å². The molecule has 0 aromatic carbocycles. The molecule has 0 aliphatic heterocycles. The van der Waals surface area contributed by atoms with Gasteiger partial charge < -0.3 is 14.6 Å². The van der Waals surface area contributed by atoms with E-state index >= 15 is 0 Å². The molecule has 102 valence electrons. The molecule has 5 nitrogen and oxygen atoms in total. The smallest absolute Gasteiger partial charge is 0.362 e. The van der Waals surface area contributed by atoms with Crippen molar-refractivity contribution in [1.29, 1.82) is 0 Å². The average molecular weight is 265 g/mol. The van der Waals surface area contributed by atoms with Crippen LogP contribution in [0, 0.1) is 0 Å². The quantitative estimate of drug-likeness (QED) is 0.833. The number of aromatic nitrogens is 2. The van der Waals surface area contributed by atoms with Crippen LogP contribution in [-0.2, 0) is 16.1 Å². The van der Waals surface area contributed by atoms with Crippen LogP contribution < -0.4 is 5.32 Å². The fraction of sp³-hybridized carbons (Fsp3) is 0.600. The van der Waals surface area contributed by atoms with Crippen molar-refractivity contribution in [2.75, 3.05) is 13.2 Å². The second-order valence-electron chi connectivity index (χ2n) is 3.84. The van der Waals surface area contributed by atoms with Crippen LogP contribution in [0.1, 0.15) is 6.92 Å². The van der Waals surface area contributed by atoms with Crippen molar-refractivity contribution in [3.8, 4) is 0 Å². The molecule has 0 radical (unpaired) electrons. The Morgan fingerprint density at radius 1 is 1.56 bits per heavy atom. The van der Waals surface area contributed by atoms with Gasteiger partial charge in [0.1, 0.15) is 13.2 Å². The molecule has 1 rings (SSSR count). The van der Waals surface area contributed by atoms with Crippen LogP contribution in [0.5, 0.6) is 0 Å². The molecule has 0 aliphatic rings. The standard InChI is InChI=1S/C10H14F3N3O2/c1-8(4-16-3-2-14-7-16)15-9(17)5-18-6-10(11,12)13/h2-3,7-8H,4-6H2,1H3,(H,15,17)/t8-/m0/s1. The highest BCUT2D eigenvalue weighted by molar-refractivity contribution is 5.77. The van der Waals surface area contributed by atoms with E-state index in [0.717, 1.165) is 0 Å². The molecule has 1 atom stereocenters. The van der Waals surface area contributed by atoms with Crippen molar-refractivity contribution in [3.63, 3.8) is 0 Å². The van der Waals surface area contributed by atoms with E-state index in [9.17, 15) is 18.0 Å². The number of alkyl halides is 3. The molecule has 0 unspecified atom stereocenters. The molecule has 1 N–H and O–H groups in total. The zero-order chi connectivity index (χ0) is 13.6. The second-order valence-corrected chi connectivity index (χ2v) is 3.84. The number of ether oxygens (including phenoxy) is 1. The summed E-state index contributed by atoms with van der Waals surface area (Å²) < 4.78 is 41.3. The summed E-state index contributed by atoms with van der Waals surface area (Å²) in [4.78, 5) is 15.1. The Bertz CT molecular complexity index is 365. The summed E-state index contributed by atoms with van der Waals surface area (Å²) >= 11 is 0. The summed E-state index contributed by atoms with van der Waals surface area (Å²) in [6, 6.07) is -0.221. The summed E-state index contributed by atoms with van der Waals surface area (Å²) in [5.41, 5.74) is 0. The third-order valence-corrected chi connectivity index (χ3v) is 1.95. The van der Waals surface area contributed by atoms with Gasteiger partial charge in [-0.05, 0) is 6.92 Å². The minimum atomic E-state index is -4.41. The van der Waals surface area contributed by atoms with E-state index < -0.39 is 25.3 Å². The van der Waals surface area contributed by atoms with Gasteiger partial charge in [-0.25, -0.2) is 4.98 Å². The van der Waals surface area contributed by atoms with Crippen molar-refractivity contribution < 1.29 is 22.7 Å². The number of hydrogen-bond donors (Lipinski definition) is 1. The third kappa shape index (κ3) is 6.24. The van der Waals surface area contributed by atoms with E-state index in [4.69, 9.17) is 0 Å². The average Bonchev–Trinajstić information content (AvgIpc) is 2.67. The number of imidazole rings is 1. The van der Waals surface area contributed by atoms with E-state index in [1.807, 2.05) is 0 Å². The SMILES string of the molecule is C[C@@H](Cn1ccnc1)NC(=O)COCC(F)(F)F. The summed E-state index contributed by atoms with van der Waals surface area (Å²) in [7, 11) is 0. The van der Waals surface area contributed by atoms with Crippen LogP contribution >= 0.6 is 0 Å². The maximum Gasteiger partial charge on any atom is 0.411 e. The molecule has 0 aliphatic carbocycles. The van der Waals surface area contributed by atoms with E-state index in [-0.39, 0.29) is 6.04 Å². The van der Waals surface area contributed by atoms with Gasteiger partial charge in [-0.15, -0.1) is 0 Å². The van der Waals surface area contributed by atoms with Crippen LogP contribution in [0.3, 0.4) is 0 Å². The Morgan fingerprint density at radius 3 is 2.83 bits per heavy atom. The van der Waals surface area contributed by atoms with Crippen LogP contribution in [0.25, 0.3) is 0 Å². The zero-order valence-corrected chi connectivity index (χ0v) is 9.78. The number of rotatable bonds is 6. The first-order valence-electron chi connectivity index (χ1n) is 5.26. The number of nitrogens with one attached hydrogen (secondary N) is 1. The minimum Gasteiger partial charge on any atom is -0.362 e. The molecule has 1 aromatic rings. The van der Waals surface area contributed by atoms with Crippen LogP contribution in [0.15, 0.2) is 18.7 Å². The predicted octanol–water partition coefficient (Wildman–Crippen LogP) is 0.967. The lowest BCUT2D eigenvalue weighted by molar-refractivity contribution is -0.175. The van der Waals surface area contributed by atoms with E-state index in [1.165, 1.54) is 0 Å². The Morgan fingerprint density at radius 2 is 2.28 bits per heavy atom. The number of hydrogen-bond acceptors (Lipinski definition) is 3. The fourth-order valence-electron chi connectivity index (χ4n) is 1.33. The molecule has 8 heteroatoms. The van der Waals surface area contributed by atoms with Gasteiger partial charge in [0.25, 0.3) is 0 Å². The maximum atomic E-state index is 11.8. The lowest BCUT2D eigenvalue weighted by Gasteiger charge is -2.14. The van der Waals surface area contributed by atoms with Crippen molar-refractivity contribution >= 4 is 5.91 Å².